The Kier molecular flexibility index (Phi) is 2.65. The van der Waals surface area contributed by atoms with Gasteiger partial charge in [0.1, 0.15) is 4.90 Å². The molecule has 0 radical (unpaired) electrons. The van der Waals surface area contributed by atoms with E-state index in [9.17, 15) is 8.42 Å². The van der Waals surface area contributed by atoms with E-state index in [-0.39, 0.29) is 11.4 Å². The van der Waals surface area contributed by atoms with Crippen LogP contribution in [0.15, 0.2) is 17.2 Å². The van der Waals surface area contributed by atoms with Crippen LogP contribution in [0.1, 0.15) is 11.3 Å². The largest absolute Gasteiger partial charge is 0.326 e. The highest BCUT2D eigenvalue weighted by Gasteiger charge is 2.09. The van der Waals surface area contributed by atoms with Gasteiger partial charge in [0.2, 0.25) is 10.0 Å². The van der Waals surface area contributed by atoms with Crippen molar-refractivity contribution in [1.29, 1.82) is 0 Å². The number of sulfonamides is 1. The number of nitrogens with two attached hydrogens (primary N) is 2. The third kappa shape index (κ3) is 2.24. The summed E-state index contributed by atoms with van der Waals surface area (Å²) in [4.78, 5) is 3.88. The van der Waals surface area contributed by atoms with Crippen LogP contribution in [-0.4, -0.2) is 13.4 Å². The van der Waals surface area contributed by atoms with Crippen molar-refractivity contribution in [3.63, 3.8) is 0 Å². The van der Waals surface area contributed by atoms with Gasteiger partial charge in [-0.05, 0) is 18.6 Å². The Hall–Kier alpha value is -0.980. The zero-order chi connectivity index (χ0) is 10.1. The Morgan fingerprint density at radius 1 is 1.54 bits per heavy atom. The fourth-order valence-corrected chi connectivity index (χ4v) is 1.43. The predicted octanol–water partition coefficient (Wildman–Crippen LogP) is -0.504. The molecule has 1 aromatic rings. The van der Waals surface area contributed by atoms with E-state index in [1.54, 1.807) is 6.92 Å². The zero-order valence-corrected chi connectivity index (χ0v) is 8.00. The first-order valence-electron chi connectivity index (χ1n) is 3.63. The molecule has 0 aliphatic rings. The molecule has 0 aliphatic heterocycles. The van der Waals surface area contributed by atoms with Crippen LogP contribution >= 0.6 is 0 Å². The zero-order valence-electron chi connectivity index (χ0n) is 7.19. The number of primary sulfonamides is 1. The molecule has 0 unspecified atom stereocenters. The molecule has 5 nitrogen and oxygen atoms in total. The lowest BCUT2D eigenvalue weighted by molar-refractivity contribution is 0.597. The second kappa shape index (κ2) is 3.41. The molecular weight excluding hydrogens is 190 g/mol. The second-order valence-corrected chi connectivity index (χ2v) is 4.23. The number of rotatable bonds is 2. The maximum absolute atomic E-state index is 10.9. The van der Waals surface area contributed by atoms with Gasteiger partial charge in [0.25, 0.3) is 0 Å². The summed E-state index contributed by atoms with van der Waals surface area (Å²) in [5, 5.41) is 4.92. The fraction of sp³-hybridized carbons (Fsp3) is 0.286. The van der Waals surface area contributed by atoms with Crippen LogP contribution < -0.4 is 10.9 Å². The molecule has 6 heteroatoms. The van der Waals surface area contributed by atoms with Gasteiger partial charge in [-0.15, -0.1) is 0 Å². The summed E-state index contributed by atoms with van der Waals surface area (Å²) >= 11 is 0. The maximum atomic E-state index is 10.9. The molecule has 0 saturated heterocycles. The molecule has 0 atom stereocenters. The molecule has 0 aromatic carbocycles. The lowest BCUT2D eigenvalue weighted by Gasteiger charge is -2.03. The average molecular weight is 201 g/mol. The van der Waals surface area contributed by atoms with E-state index in [2.05, 4.69) is 4.98 Å². The lowest BCUT2D eigenvalue weighted by Crippen LogP contribution is -2.14. The van der Waals surface area contributed by atoms with Crippen LogP contribution in [0.5, 0.6) is 0 Å². The summed E-state index contributed by atoms with van der Waals surface area (Å²) in [6, 6.07) is 1.44. The van der Waals surface area contributed by atoms with Crippen LogP contribution in [0.2, 0.25) is 0 Å². The highest BCUT2D eigenvalue weighted by Crippen LogP contribution is 2.10. The Labute approximate surface area is 76.8 Å². The third-order valence-electron chi connectivity index (χ3n) is 1.72. The van der Waals surface area contributed by atoms with Gasteiger partial charge in [-0.2, -0.15) is 0 Å². The molecular formula is C7H11N3O2S. The normalized spacial score (nSPS) is 11.6. The highest BCUT2D eigenvalue weighted by molar-refractivity contribution is 7.89. The van der Waals surface area contributed by atoms with E-state index < -0.39 is 10.0 Å². The van der Waals surface area contributed by atoms with Crippen molar-refractivity contribution in [2.45, 2.75) is 18.4 Å². The molecule has 0 fully saturated rings. The first-order chi connectivity index (χ1) is 5.95. The van der Waals surface area contributed by atoms with Crippen LogP contribution in [-0.2, 0) is 16.6 Å². The SMILES string of the molecule is Cc1ncc(S(N)(=O)=O)cc1CN. The lowest BCUT2D eigenvalue weighted by atomic mass is 10.2. The molecule has 13 heavy (non-hydrogen) atoms. The molecule has 72 valence electrons. The van der Waals surface area contributed by atoms with Gasteiger partial charge in [0.15, 0.2) is 0 Å². The van der Waals surface area contributed by atoms with Crippen LogP contribution in [0.3, 0.4) is 0 Å². The van der Waals surface area contributed by atoms with E-state index in [1.165, 1.54) is 12.3 Å². The average Bonchev–Trinajstić information content (AvgIpc) is 2.03. The molecule has 1 heterocycles. The number of hydrogen-bond acceptors (Lipinski definition) is 4. The van der Waals surface area contributed by atoms with Crippen molar-refractivity contribution >= 4 is 10.0 Å². The molecule has 1 rings (SSSR count). The summed E-state index contributed by atoms with van der Waals surface area (Å²) in [5.74, 6) is 0. The van der Waals surface area contributed by atoms with Gasteiger partial charge >= 0.3 is 0 Å². The van der Waals surface area contributed by atoms with Gasteiger partial charge in [0.05, 0.1) is 0 Å². The molecule has 4 N–H and O–H groups in total. The van der Waals surface area contributed by atoms with Crippen molar-refractivity contribution in [3.8, 4) is 0 Å². The highest BCUT2D eigenvalue weighted by atomic mass is 32.2. The van der Waals surface area contributed by atoms with E-state index in [4.69, 9.17) is 10.9 Å². The first-order valence-corrected chi connectivity index (χ1v) is 5.18. The van der Waals surface area contributed by atoms with Crippen molar-refractivity contribution in [2.75, 3.05) is 0 Å². The standard InChI is InChI=1S/C7H11N3O2S/c1-5-6(3-8)2-7(4-10-5)13(9,11)12/h2,4H,3,8H2,1H3,(H2,9,11,12). The number of hydrogen-bond donors (Lipinski definition) is 2. The van der Waals surface area contributed by atoms with E-state index in [0.717, 1.165) is 5.69 Å². The van der Waals surface area contributed by atoms with Gasteiger partial charge in [-0.25, -0.2) is 13.6 Å². The van der Waals surface area contributed by atoms with Crippen molar-refractivity contribution in [1.82, 2.24) is 4.98 Å². The number of pyridine rings is 1. The minimum absolute atomic E-state index is 0.00134. The Bertz CT molecular complexity index is 414. The van der Waals surface area contributed by atoms with Gasteiger partial charge < -0.3 is 5.73 Å². The summed E-state index contributed by atoms with van der Waals surface area (Å²) < 4.78 is 21.8. The summed E-state index contributed by atoms with van der Waals surface area (Å²) in [6.45, 7) is 2.01. The fourth-order valence-electron chi connectivity index (χ4n) is 0.919. The summed E-state index contributed by atoms with van der Waals surface area (Å²) in [5.41, 5.74) is 6.79. The Morgan fingerprint density at radius 3 is 2.62 bits per heavy atom. The first kappa shape index (κ1) is 10.1. The van der Waals surface area contributed by atoms with Gasteiger partial charge in [-0.3, -0.25) is 4.98 Å². The Morgan fingerprint density at radius 2 is 2.15 bits per heavy atom. The maximum Gasteiger partial charge on any atom is 0.239 e. The van der Waals surface area contributed by atoms with Gasteiger partial charge in [0, 0.05) is 18.4 Å². The van der Waals surface area contributed by atoms with Crippen molar-refractivity contribution in [2.24, 2.45) is 10.9 Å². The monoisotopic (exact) mass is 201 g/mol. The summed E-state index contributed by atoms with van der Waals surface area (Å²) in [7, 11) is -3.67. The summed E-state index contributed by atoms with van der Waals surface area (Å²) in [6.07, 6.45) is 1.23. The second-order valence-electron chi connectivity index (χ2n) is 2.66. The molecule has 0 bridgehead atoms. The Balaban J connectivity index is 3.30. The number of aromatic nitrogens is 1. The minimum atomic E-state index is -3.67. The van der Waals surface area contributed by atoms with Gasteiger partial charge in [-0.1, -0.05) is 0 Å². The van der Waals surface area contributed by atoms with Crippen molar-refractivity contribution in [3.05, 3.63) is 23.5 Å². The quantitative estimate of drug-likeness (QED) is 0.673. The molecule has 0 aliphatic carbocycles. The van der Waals surface area contributed by atoms with E-state index >= 15 is 0 Å². The smallest absolute Gasteiger partial charge is 0.239 e. The number of aryl methyl sites for hydroxylation is 1. The molecule has 1 aromatic heterocycles. The molecule has 0 saturated carbocycles. The van der Waals surface area contributed by atoms with Crippen LogP contribution in [0, 0.1) is 6.92 Å². The molecule has 0 spiro atoms. The topological polar surface area (TPSA) is 99.1 Å². The van der Waals surface area contributed by atoms with E-state index in [0.29, 0.717) is 5.56 Å². The van der Waals surface area contributed by atoms with Crippen molar-refractivity contribution < 1.29 is 8.42 Å². The predicted molar refractivity (Wildman–Crippen MR) is 48.2 cm³/mol. The van der Waals surface area contributed by atoms with Crippen LogP contribution in [0.25, 0.3) is 0 Å². The molecule has 0 amide bonds. The van der Waals surface area contributed by atoms with Crippen LogP contribution in [0.4, 0.5) is 0 Å². The number of nitrogens with zero attached hydrogens (tertiary/aromatic N) is 1. The third-order valence-corrected chi connectivity index (χ3v) is 2.60. The minimum Gasteiger partial charge on any atom is -0.326 e. The van der Waals surface area contributed by atoms with E-state index in [1.807, 2.05) is 0 Å².